The molecule has 0 saturated heterocycles. The highest BCUT2D eigenvalue weighted by molar-refractivity contribution is 7.99. The molecule has 12 heteroatoms. The molecule has 4 rings (SSSR count). The number of aromatic hydroxyl groups is 1. The molecule has 0 aromatic heterocycles. The minimum absolute atomic E-state index is 0.146. The number of benzene rings is 3. The summed E-state index contributed by atoms with van der Waals surface area (Å²) >= 11 is 1.40. The van der Waals surface area contributed by atoms with Crippen LogP contribution < -0.4 is 15.3 Å². The predicted octanol–water partition coefficient (Wildman–Crippen LogP) is 4.79. The predicted molar refractivity (Wildman–Crippen MR) is 146 cm³/mol. The smallest absolute Gasteiger partial charge is 0.501 e. The molecule has 0 saturated carbocycles. The number of carbonyl (C=O) groups is 1. The molecule has 2 N–H and O–H groups in total. The number of anilines is 2. The topological polar surface area (TPSA) is 98.2 Å². The maximum atomic E-state index is 13.0. The van der Waals surface area contributed by atoms with Gasteiger partial charge in [0.25, 0.3) is 9.84 Å². The molecule has 1 aliphatic rings. The molecule has 208 valence electrons. The second kappa shape index (κ2) is 10.6. The van der Waals surface area contributed by atoms with E-state index in [0.717, 1.165) is 22.7 Å². The standard InChI is InChI=1S/C18H19F3N2O2S2.C9H8O3/c1-17(2,22(3)4)23-13-7-5-6-8-15(13)26-16-10-9-12(11-14(16)23)27(24,25)18(19,20)21;1-5-3-4-7(9(11)12)8(10)6(5)2/h5-11H,1-4H3;3-4,10H,1-2H2,(H,11,12). The number of para-hydroxylation sites is 1. The van der Waals surface area contributed by atoms with Gasteiger partial charge < -0.3 is 15.1 Å². The van der Waals surface area contributed by atoms with Crippen molar-refractivity contribution < 1.29 is 36.6 Å². The molecule has 3 aromatic carbocycles. The van der Waals surface area contributed by atoms with E-state index < -0.39 is 31.9 Å². The van der Waals surface area contributed by atoms with Crippen molar-refractivity contribution in [3.63, 3.8) is 0 Å². The number of aromatic carboxylic acids is 1. The lowest BCUT2D eigenvalue weighted by Crippen LogP contribution is -2.52. The summed E-state index contributed by atoms with van der Waals surface area (Å²) in [7, 11) is -1.70. The average molecular weight is 581 g/mol. The zero-order valence-electron chi connectivity index (χ0n) is 21.6. The number of halogens is 3. The number of hydrogen-bond acceptors (Lipinski definition) is 7. The van der Waals surface area contributed by atoms with Crippen LogP contribution in [0.15, 0.2) is 69.3 Å². The molecule has 1 aliphatic heterocycles. The molecule has 3 aromatic rings. The van der Waals surface area contributed by atoms with Crippen molar-refractivity contribution in [3.05, 3.63) is 70.6 Å². The number of sulfone groups is 1. The van der Waals surface area contributed by atoms with Gasteiger partial charge in [-0.2, -0.15) is 13.2 Å². The molecule has 1 heterocycles. The Labute approximate surface area is 228 Å². The van der Waals surface area contributed by atoms with Gasteiger partial charge >= 0.3 is 11.5 Å². The van der Waals surface area contributed by atoms with Crippen molar-refractivity contribution in [2.24, 2.45) is 0 Å². The second-order valence-corrected chi connectivity index (χ2v) is 12.3. The lowest BCUT2D eigenvalue weighted by atomic mass is 10.1. The Balaban J connectivity index is 0.000000293. The largest absolute Gasteiger partial charge is 0.506 e. The fourth-order valence-electron chi connectivity index (χ4n) is 3.68. The number of nitrogens with zero attached hydrogens (tertiary/aromatic N) is 2. The van der Waals surface area contributed by atoms with Gasteiger partial charge in [0.1, 0.15) is 11.3 Å². The van der Waals surface area contributed by atoms with Gasteiger partial charge in [-0.25, -0.2) is 13.2 Å². The molecule has 7 nitrogen and oxygen atoms in total. The average Bonchev–Trinajstić information content (AvgIpc) is 2.84. The van der Waals surface area contributed by atoms with Gasteiger partial charge in [-0.15, -0.1) is 0 Å². The molecule has 39 heavy (non-hydrogen) atoms. The van der Waals surface area contributed by atoms with E-state index >= 15 is 0 Å². The summed E-state index contributed by atoms with van der Waals surface area (Å²) < 4.78 is 62.9. The Kier molecular flexibility index (Phi) is 8.16. The molecular formula is C27H27F3N2O5S2. The fraction of sp³-hybridized carbons (Fsp3) is 0.222. The summed E-state index contributed by atoms with van der Waals surface area (Å²) in [6.07, 6.45) is 0. The van der Waals surface area contributed by atoms with Crippen molar-refractivity contribution >= 4 is 52.1 Å². The quantitative estimate of drug-likeness (QED) is 0.455. The summed E-state index contributed by atoms with van der Waals surface area (Å²) in [5.41, 5.74) is -4.86. The molecule has 0 bridgehead atoms. The number of hydrogen-bond donors (Lipinski definition) is 2. The molecule has 0 fully saturated rings. The molecule has 0 radical (unpaired) electrons. The SMILES string of the molecule is C=c1ccc(C(=O)O)c(O)c1=C.CN(C)C(C)(C)N1c2ccccc2Sc2ccc(S(=O)(=O)C(F)(F)F)cc21. The number of alkyl halides is 3. The number of rotatable bonds is 4. The van der Waals surface area contributed by atoms with Gasteiger partial charge in [0.15, 0.2) is 0 Å². The van der Waals surface area contributed by atoms with E-state index in [1.807, 2.05) is 62.0 Å². The number of phenols is 1. The Morgan fingerprint density at radius 3 is 2.13 bits per heavy atom. The van der Waals surface area contributed by atoms with Crippen LogP contribution in [0.1, 0.15) is 24.2 Å². The first-order valence-corrected chi connectivity index (χ1v) is 13.6. The van der Waals surface area contributed by atoms with Crippen molar-refractivity contribution in [3.8, 4) is 5.75 Å². The van der Waals surface area contributed by atoms with Gasteiger partial charge in [-0.1, -0.05) is 43.1 Å². The van der Waals surface area contributed by atoms with Crippen molar-refractivity contribution in [2.75, 3.05) is 19.0 Å². The van der Waals surface area contributed by atoms with E-state index in [9.17, 15) is 31.5 Å². The third kappa shape index (κ3) is 5.63. The first-order chi connectivity index (χ1) is 17.9. The summed E-state index contributed by atoms with van der Waals surface area (Å²) in [5.74, 6) is -1.48. The first kappa shape index (κ1) is 30.1. The minimum Gasteiger partial charge on any atom is -0.506 e. The van der Waals surface area contributed by atoms with E-state index in [4.69, 9.17) is 5.11 Å². The Morgan fingerprint density at radius 2 is 1.56 bits per heavy atom. The zero-order chi connectivity index (χ0) is 29.5. The van der Waals surface area contributed by atoms with Crippen LogP contribution in [0.25, 0.3) is 13.2 Å². The lowest BCUT2D eigenvalue weighted by molar-refractivity contribution is -0.0436. The van der Waals surface area contributed by atoms with E-state index in [-0.39, 0.29) is 16.5 Å². The van der Waals surface area contributed by atoms with Gasteiger partial charge in [0, 0.05) is 15.0 Å². The normalized spacial score (nSPS) is 13.3. The van der Waals surface area contributed by atoms with Crippen LogP contribution in [0.5, 0.6) is 5.75 Å². The number of carboxylic acid groups (broad SMARTS) is 1. The van der Waals surface area contributed by atoms with Crippen LogP contribution in [0, 0.1) is 0 Å². The maximum absolute atomic E-state index is 13.0. The van der Waals surface area contributed by atoms with Crippen LogP contribution >= 0.6 is 11.8 Å². The minimum atomic E-state index is -5.43. The lowest BCUT2D eigenvalue weighted by Gasteiger charge is -2.47. The van der Waals surface area contributed by atoms with Gasteiger partial charge in [0.2, 0.25) is 0 Å². The summed E-state index contributed by atoms with van der Waals surface area (Å²) in [6, 6.07) is 13.9. The van der Waals surface area contributed by atoms with Crippen LogP contribution in [0.3, 0.4) is 0 Å². The summed E-state index contributed by atoms with van der Waals surface area (Å²) in [5, 5.41) is 18.6. The van der Waals surface area contributed by atoms with E-state index in [2.05, 4.69) is 13.2 Å². The molecule has 0 aliphatic carbocycles. The molecule has 0 spiro atoms. The second-order valence-electron chi connectivity index (χ2n) is 9.28. The highest BCUT2D eigenvalue weighted by atomic mass is 32.2. The van der Waals surface area contributed by atoms with Crippen molar-refractivity contribution in [1.29, 1.82) is 0 Å². The fourth-order valence-corrected chi connectivity index (χ4v) is 5.50. The molecule has 0 unspecified atom stereocenters. The number of carboxylic acids is 1. The van der Waals surface area contributed by atoms with Crippen LogP contribution in [0.4, 0.5) is 24.5 Å². The molecule has 0 atom stereocenters. The molecular weight excluding hydrogens is 553 g/mol. The molecule has 0 amide bonds. The maximum Gasteiger partial charge on any atom is 0.501 e. The van der Waals surface area contributed by atoms with E-state index in [1.165, 1.54) is 30.0 Å². The van der Waals surface area contributed by atoms with Gasteiger partial charge in [0.05, 0.1) is 21.9 Å². The van der Waals surface area contributed by atoms with Crippen LogP contribution in [-0.2, 0) is 9.84 Å². The van der Waals surface area contributed by atoms with E-state index in [0.29, 0.717) is 15.8 Å². The highest BCUT2D eigenvalue weighted by Gasteiger charge is 2.47. The summed E-state index contributed by atoms with van der Waals surface area (Å²) in [6.45, 7) is 10.9. The summed E-state index contributed by atoms with van der Waals surface area (Å²) in [4.78, 5) is 15.2. The van der Waals surface area contributed by atoms with E-state index in [1.54, 1.807) is 0 Å². The van der Waals surface area contributed by atoms with Crippen molar-refractivity contribution in [2.45, 2.75) is 39.7 Å². The third-order valence-electron chi connectivity index (χ3n) is 6.36. The first-order valence-electron chi connectivity index (χ1n) is 11.3. The van der Waals surface area contributed by atoms with Gasteiger partial charge in [-0.3, -0.25) is 4.90 Å². The van der Waals surface area contributed by atoms with Crippen molar-refractivity contribution in [1.82, 2.24) is 4.90 Å². The Morgan fingerprint density at radius 1 is 0.974 bits per heavy atom. The van der Waals surface area contributed by atoms with Gasteiger partial charge in [-0.05, 0) is 69.6 Å². The Bertz CT molecular complexity index is 1640. The Hall–Kier alpha value is -3.48. The highest BCUT2D eigenvalue weighted by Crippen LogP contribution is 2.52. The zero-order valence-corrected chi connectivity index (χ0v) is 23.2. The van der Waals surface area contributed by atoms with Crippen LogP contribution in [-0.4, -0.2) is 54.8 Å². The third-order valence-corrected chi connectivity index (χ3v) is 8.98. The monoisotopic (exact) mass is 580 g/mol. The van der Waals surface area contributed by atoms with Crippen LogP contribution in [0.2, 0.25) is 0 Å². The number of fused-ring (bicyclic) bond motifs is 2.